The fraction of sp³-hybridized carbons (Fsp3) is 0.263. The van der Waals surface area contributed by atoms with Gasteiger partial charge in [0.15, 0.2) is 11.6 Å². The number of hydrogen-bond donors (Lipinski definition) is 1. The van der Waals surface area contributed by atoms with E-state index in [0.29, 0.717) is 37.6 Å². The van der Waals surface area contributed by atoms with Gasteiger partial charge in [0.05, 0.1) is 6.54 Å². The Kier molecular flexibility index (Phi) is 5.41. The molecule has 2 aromatic heterocycles. The van der Waals surface area contributed by atoms with E-state index in [4.69, 9.17) is 0 Å². The number of rotatable bonds is 5. The second-order valence-corrected chi connectivity index (χ2v) is 6.51. The van der Waals surface area contributed by atoms with Gasteiger partial charge in [-0.3, -0.25) is 9.59 Å². The second kappa shape index (κ2) is 8.46. The number of amides is 2. The van der Waals surface area contributed by atoms with Crippen LogP contribution in [0.25, 0.3) is 5.82 Å². The van der Waals surface area contributed by atoms with Gasteiger partial charge in [0, 0.05) is 31.7 Å². The van der Waals surface area contributed by atoms with E-state index in [-0.39, 0.29) is 18.4 Å². The maximum atomic E-state index is 12.4. The lowest BCUT2D eigenvalue weighted by atomic mass is 10.2. The third-order valence-electron chi connectivity index (χ3n) is 4.68. The van der Waals surface area contributed by atoms with Crippen LogP contribution in [0.15, 0.2) is 55.1 Å². The van der Waals surface area contributed by atoms with Gasteiger partial charge in [-0.05, 0) is 24.3 Å². The van der Waals surface area contributed by atoms with Gasteiger partial charge in [0.2, 0.25) is 5.91 Å². The van der Waals surface area contributed by atoms with Crippen LogP contribution in [-0.2, 0) is 4.79 Å². The first kappa shape index (κ1) is 18.5. The summed E-state index contributed by atoms with van der Waals surface area (Å²) in [5.41, 5.74) is 0.540. The van der Waals surface area contributed by atoms with Crippen molar-refractivity contribution in [3.63, 3.8) is 0 Å². The smallest absolute Gasteiger partial charge is 0.251 e. The van der Waals surface area contributed by atoms with Gasteiger partial charge < -0.3 is 15.1 Å². The molecule has 1 N–H and O–H groups in total. The number of carbonyl (C=O) groups excluding carboxylic acids is 2. The van der Waals surface area contributed by atoms with E-state index >= 15 is 0 Å². The Labute approximate surface area is 167 Å². The summed E-state index contributed by atoms with van der Waals surface area (Å²) in [5, 5.41) is 15.1. The van der Waals surface area contributed by atoms with Crippen LogP contribution in [-0.4, -0.2) is 74.4 Å². The van der Waals surface area contributed by atoms with E-state index < -0.39 is 0 Å². The van der Waals surface area contributed by atoms with Gasteiger partial charge >= 0.3 is 0 Å². The van der Waals surface area contributed by atoms with E-state index in [0.717, 1.165) is 5.82 Å². The predicted molar refractivity (Wildman–Crippen MR) is 105 cm³/mol. The minimum atomic E-state index is -0.250. The maximum Gasteiger partial charge on any atom is 0.251 e. The van der Waals surface area contributed by atoms with Crippen molar-refractivity contribution < 1.29 is 9.59 Å². The Hall–Kier alpha value is -3.82. The van der Waals surface area contributed by atoms with Crippen LogP contribution in [0.1, 0.15) is 10.4 Å². The molecule has 0 aliphatic carbocycles. The highest BCUT2D eigenvalue weighted by molar-refractivity contribution is 5.96. The molecule has 0 radical (unpaired) electrons. The number of aromatic nitrogens is 5. The first-order valence-corrected chi connectivity index (χ1v) is 9.25. The molecule has 1 aliphatic rings. The van der Waals surface area contributed by atoms with Crippen molar-refractivity contribution in [3.05, 3.63) is 60.7 Å². The molecule has 0 unspecified atom stereocenters. The summed E-state index contributed by atoms with van der Waals surface area (Å²) in [7, 11) is 0. The first-order chi connectivity index (χ1) is 14.2. The quantitative estimate of drug-likeness (QED) is 0.658. The van der Waals surface area contributed by atoms with Gasteiger partial charge in [-0.25, -0.2) is 9.67 Å². The minimum absolute atomic E-state index is 0.0138. The van der Waals surface area contributed by atoms with E-state index in [9.17, 15) is 9.59 Å². The highest BCUT2D eigenvalue weighted by atomic mass is 16.2. The van der Waals surface area contributed by atoms with E-state index in [1.165, 1.54) is 11.0 Å². The number of benzene rings is 1. The number of hydrogen-bond acceptors (Lipinski definition) is 7. The Morgan fingerprint density at radius 2 is 1.66 bits per heavy atom. The van der Waals surface area contributed by atoms with Crippen molar-refractivity contribution in [1.29, 1.82) is 0 Å². The highest BCUT2D eigenvalue weighted by Gasteiger charge is 2.22. The number of carbonyl (C=O) groups is 2. The van der Waals surface area contributed by atoms with Gasteiger partial charge in [0.1, 0.15) is 12.7 Å². The highest BCUT2D eigenvalue weighted by Crippen LogP contribution is 2.14. The molecule has 4 rings (SSSR count). The standard InChI is InChI=1S/C19H20N8O2/c28-18(12-21-19(29)15-4-2-1-3-5-15)26-10-8-25(9-11-26)16-6-7-17(24-23-16)27-14-20-13-22-27/h1-7,13-14H,8-12H2,(H,21,29). The van der Waals surface area contributed by atoms with Crippen LogP contribution in [0, 0.1) is 0 Å². The topological polar surface area (TPSA) is 109 Å². The van der Waals surface area contributed by atoms with Gasteiger partial charge in [-0.1, -0.05) is 18.2 Å². The Balaban J connectivity index is 1.26. The molecule has 3 heterocycles. The zero-order valence-electron chi connectivity index (χ0n) is 15.7. The summed E-state index contributed by atoms with van der Waals surface area (Å²) >= 11 is 0. The molecule has 3 aromatic rings. The summed E-state index contributed by atoms with van der Waals surface area (Å²) in [6, 6.07) is 12.6. The molecule has 10 nitrogen and oxygen atoms in total. The lowest BCUT2D eigenvalue weighted by Crippen LogP contribution is -2.51. The Bertz CT molecular complexity index is 952. The van der Waals surface area contributed by atoms with Crippen LogP contribution < -0.4 is 10.2 Å². The first-order valence-electron chi connectivity index (χ1n) is 9.25. The van der Waals surface area contributed by atoms with Gasteiger partial charge in [-0.15, -0.1) is 10.2 Å². The molecule has 148 valence electrons. The summed E-state index contributed by atoms with van der Waals surface area (Å²) in [5.74, 6) is 0.995. The molecule has 29 heavy (non-hydrogen) atoms. The van der Waals surface area contributed by atoms with Crippen molar-refractivity contribution in [2.75, 3.05) is 37.6 Å². The molecule has 1 fully saturated rings. The zero-order chi connectivity index (χ0) is 20.1. The number of anilines is 1. The molecule has 1 aromatic carbocycles. The average Bonchev–Trinajstić information content (AvgIpc) is 3.33. The van der Waals surface area contributed by atoms with E-state index in [1.54, 1.807) is 35.5 Å². The van der Waals surface area contributed by atoms with Crippen LogP contribution in [0.5, 0.6) is 0 Å². The molecule has 0 bridgehead atoms. The molecule has 1 aliphatic heterocycles. The number of nitrogens with one attached hydrogen (secondary N) is 1. The lowest BCUT2D eigenvalue weighted by Gasteiger charge is -2.35. The Morgan fingerprint density at radius 1 is 0.931 bits per heavy atom. The molecular weight excluding hydrogens is 372 g/mol. The van der Waals surface area contributed by atoms with E-state index in [1.807, 2.05) is 18.2 Å². The number of piperazine rings is 1. The second-order valence-electron chi connectivity index (χ2n) is 6.51. The molecular formula is C19H20N8O2. The molecule has 1 saturated heterocycles. The van der Waals surface area contributed by atoms with Crippen molar-refractivity contribution >= 4 is 17.6 Å². The van der Waals surface area contributed by atoms with Crippen molar-refractivity contribution in [2.24, 2.45) is 0 Å². The third kappa shape index (κ3) is 4.37. The molecule has 0 spiro atoms. The third-order valence-corrected chi connectivity index (χ3v) is 4.68. The molecule has 0 saturated carbocycles. The SMILES string of the molecule is O=C(NCC(=O)N1CCN(c2ccc(-n3cncn3)nn2)CC1)c1ccccc1. The lowest BCUT2D eigenvalue weighted by molar-refractivity contribution is -0.130. The van der Waals surface area contributed by atoms with Crippen molar-refractivity contribution in [2.45, 2.75) is 0 Å². The predicted octanol–water partition coefficient (Wildman–Crippen LogP) is 0.136. The normalized spacial score (nSPS) is 13.9. The molecule has 0 atom stereocenters. The van der Waals surface area contributed by atoms with Crippen molar-refractivity contribution in [3.8, 4) is 5.82 Å². The molecule has 10 heteroatoms. The van der Waals surface area contributed by atoms with E-state index in [2.05, 4.69) is 30.5 Å². The van der Waals surface area contributed by atoms with Crippen LogP contribution >= 0.6 is 0 Å². The van der Waals surface area contributed by atoms with Crippen LogP contribution in [0.3, 0.4) is 0 Å². The number of nitrogens with zero attached hydrogens (tertiary/aromatic N) is 7. The van der Waals surface area contributed by atoms with Crippen LogP contribution in [0.2, 0.25) is 0 Å². The van der Waals surface area contributed by atoms with Crippen molar-refractivity contribution in [1.82, 2.24) is 35.2 Å². The zero-order valence-corrected chi connectivity index (χ0v) is 15.7. The van der Waals surface area contributed by atoms with Gasteiger partial charge in [-0.2, -0.15) is 5.10 Å². The fourth-order valence-corrected chi connectivity index (χ4v) is 3.08. The summed E-state index contributed by atoms with van der Waals surface area (Å²) < 4.78 is 1.54. The summed E-state index contributed by atoms with van der Waals surface area (Å²) in [4.78, 5) is 32.2. The monoisotopic (exact) mass is 392 g/mol. The maximum absolute atomic E-state index is 12.4. The minimum Gasteiger partial charge on any atom is -0.352 e. The summed E-state index contributed by atoms with van der Waals surface area (Å²) in [6.45, 7) is 2.41. The fourth-order valence-electron chi connectivity index (χ4n) is 3.08. The van der Waals surface area contributed by atoms with Gasteiger partial charge in [0.25, 0.3) is 5.91 Å². The summed E-state index contributed by atoms with van der Waals surface area (Å²) in [6.07, 6.45) is 3.00. The Morgan fingerprint density at radius 3 is 2.31 bits per heavy atom. The average molecular weight is 392 g/mol. The van der Waals surface area contributed by atoms with Crippen LogP contribution in [0.4, 0.5) is 5.82 Å². The molecule has 2 amide bonds. The largest absolute Gasteiger partial charge is 0.352 e.